The number of nitriles is 1. The molecule has 4 rings (SSSR count). The van der Waals surface area contributed by atoms with Crippen LogP contribution in [0.3, 0.4) is 0 Å². The predicted molar refractivity (Wildman–Crippen MR) is 126 cm³/mol. The largest absolute Gasteiger partial charge is 0.367 e. The molecule has 1 saturated heterocycles. The number of nitrogens with two attached hydrogens (primary N) is 1. The van der Waals surface area contributed by atoms with Crippen molar-refractivity contribution in [3.05, 3.63) is 52.8 Å². The Bertz CT molecular complexity index is 1150. The summed E-state index contributed by atoms with van der Waals surface area (Å²) in [6.07, 6.45) is 3.41. The smallest absolute Gasteiger partial charge is 0.252 e. The number of amides is 2. The Labute approximate surface area is 198 Å². The van der Waals surface area contributed by atoms with Crippen molar-refractivity contribution in [1.82, 2.24) is 5.32 Å². The van der Waals surface area contributed by atoms with Crippen molar-refractivity contribution in [2.24, 2.45) is 11.7 Å². The highest BCUT2D eigenvalue weighted by Gasteiger charge is 2.46. The maximum absolute atomic E-state index is 15.3. The first-order valence-corrected chi connectivity index (χ1v) is 11.6. The Balaban J connectivity index is 1.63. The van der Waals surface area contributed by atoms with Gasteiger partial charge in [0.25, 0.3) is 5.91 Å². The molecule has 1 heterocycles. The molecule has 34 heavy (non-hydrogen) atoms. The number of carbonyl (C=O) groups is 2. The molecule has 8 heteroatoms. The van der Waals surface area contributed by atoms with Crippen LogP contribution in [0.1, 0.15) is 36.5 Å². The number of rotatable bonds is 6. The van der Waals surface area contributed by atoms with E-state index >= 15 is 4.39 Å². The van der Waals surface area contributed by atoms with Gasteiger partial charge in [0.05, 0.1) is 12.0 Å². The number of halogens is 1. The average molecular weight is 465 g/mol. The molecule has 0 aromatic heterocycles. The van der Waals surface area contributed by atoms with Crippen molar-refractivity contribution in [3.63, 3.8) is 0 Å². The van der Waals surface area contributed by atoms with E-state index in [1.807, 2.05) is 18.2 Å². The van der Waals surface area contributed by atoms with E-state index in [4.69, 9.17) is 10.5 Å². The highest BCUT2D eigenvalue weighted by atomic mass is 19.1. The summed E-state index contributed by atoms with van der Waals surface area (Å²) in [6.45, 7) is 2.56. The number of carbonyl (C=O) groups excluding carboxylic acids is 2. The minimum atomic E-state index is -1.50. The molecule has 2 aromatic rings. The maximum Gasteiger partial charge on any atom is 0.252 e. The van der Waals surface area contributed by atoms with Gasteiger partial charge >= 0.3 is 0 Å². The van der Waals surface area contributed by atoms with Gasteiger partial charge in [0.15, 0.2) is 5.60 Å². The third-order valence-corrected chi connectivity index (χ3v) is 6.76. The molecular formula is C26H29FN4O3. The zero-order chi connectivity index (χ0) is 24.3. The van der Waals surface area contributed by atoms with E-state index in [2.05, 4.69) is 16.7 Å². The Morgan fingerprint density at radius 2 is 2.06 bits per heavy atom. The molecule has 2 aliphatic rings. The second kappa shape index (κ2) is 9.92. The van der Waals surface area contributed by atoms with Crippen LogP contribution >= 0.6 is 0 Å². The van der Waals surface area contributed by atoms with Gasteiger partial charge in [-0.15, -0.1) is 0 Å². The standard InChI is InChI=1S/C26H29FN4O3/c1-16(32)31-24-9-8-20(21-4-2-5-22(21)24)17-6-7-18(23(27)13-17)12-19(14-28)26(25(29)33)15-30-10-3-11-34-26/h6-9,13,19,30H,2-5,10-12,15H2,1H3,(H2,29,33)(H,31,32)/t19-,26?/m0/s1. The number of hydrogen-bond donors (Lipinski definition) is 3. The molecular weight excluding hydrogens is 435 g/mol. The van der Waals surface area contributed by atoms with Gasteiger partial charge in [0.1, 0.15) is 5.82 Å². The fraction of sp³-hybridized carbons (Fsp3) is 0.423. The molecule has 178 valence electrons. The lowest BCUT2D eigenvalue weighted by molar-refractivity contribution is -0.147. The van der Waals surface area contributed by atoms with Crippen molar-refractivity contribution in [2.75, 3.05) is 25.0 Å². The third kappa shape index (κ3) is 4.54. The first-order chi connectivity index (χ1) is 16.4. The minimum Gasteiger partial charge on any atom is -0.367 e. The summed E-state index contributed by atoms with van der Waals surface area (Å²) in [6, 6.07) is 10.9. The summed E-state index contributed by atoms with van der Waals surface area (Å²) in [5, 5.41) is 15.8. The monoisotopic (exact) mass is 464 g/mol. The number of hydrogen-bond acceptors (Lipinski definition) is 5. The number of fused-ring (bicyclic) bond motifs is 1. The van der Waals surface area contributed by atoms with Gasteiger partial charge in [-0.2, -0.15) is 5.26 Å². The highest BCUT2D eigenvalue weighted by molar-refractivity contribution is 5.91. The van der Waals surface area contributed by atoms with Crippen LogP contribution in [0.5, 0.6) is 0 Å². The third-order valence-electron chi connectivity index (χ3n) is 6.76. The Hall–Kier alpha value is -3.28. The van der Waals surface area contributed by atoms with Gasteiger partial charge in [0, 0.05) is 25.8 Å². The lowest BCUT2D eigenvalue weighted by Gasteiger charge is -2.33. The number of benzene rings is 2. The summed E-state index contributed by atoms with van der Waals surface area (Å²) < 4.78 is 21.1. The van der Waals surface area contributed by atoms with Crippen molar-refractivity contribution in [1.29, 1.82) is 5.26 Å². The van der Waals surface area contributed by atoms with E-state index in [0.29, 0.717) is 25.1 Å². The number of nitrogens with zero attached hydrogens (tertiary/aromatic N) is 1. The summed E-state index contributed by atoms with van der Waals surface area (Å²) in [4.78, 5) is 23.9. The predicted octanol–water partition coefficient (Wildman–Crippen LogP) is 2.86. The summed E-state index contributed by atoms with van der Waals surface area (Å²) >= 11 is 0. The van der Waals surface area contributed by atoms with Gasteiger partial charge in [0.2, 0.25) is 5.91 Å². The molecule has 0 radical (unpaired) electrons. The average Bonchev–Trinajstić information content (AvgIpc) is 3.16. The summed E-state index contributed by atoms with van der Waals surface area (Å²) in [5.74, 6) is -2.22. The van der Waals surface area contributed by atoms with Crippen LogP contribution in [0.2, 0.25) is 0 Å². The number of anilines is 1. The van der Waals surface area contributed by atoms with Gasteiger partial charge in [-0.1, -0.05) is 18.2 Å². The molecule has 0 saturated carbocycles. The first-order valence-electron chi connectivity index (χ1n) is 11.6. The van der Waals surface area contributed by atoms with Crippen molar-refractivity contribution in [2.45, 2.75) is 44.6 Å². The van der Waals surface area contributed by atoms with Gasteiger partial charge < -0.3 is 21.1 Å². The molecule has 7 nitrogen and oxygen atoms in total. The van der Waals surface area contributed by atoms with E-state index < -0.39 is 23.2 Å². The molecule has 2 aromatic carbocycles. The fourth-order valence-corrected chi connectivity index (χ4v) is 5.03. The first kappa shape index (κ1) is 23.9. The normalized spacial score (nSPS) is 20.6. The quantitative estimate of drug-likeness (QED) is 0.608. The van der Waals surface area contributed by atoms with Gasteiger partial charge in [-0.3, -0.25) is 9.59 Å². The van der Waals surface area contributed by atoms with E-state index in [1.165, 1.54) is 13.0 Å². The number of nitrogens with one attached hydrogen (secondary N) is 2. The molecule has 0 bridgehead atoms. The zero-order valence-electron chi connectivity index (χ0n) is 19.2. The molecule has 2 atom stereocenters. The summed E-state index contributed by atoms with van der Waals surface area (Å²) in [7, 11) is 0. The molecule has 1 aliphatic carbocycles. The van der Waals surface area contributed by atoms with Crippen LogP contribution in [-0.2, 0) is 33.6 Å². The van der Waals surface area contributed by atoms with Crippen molar-refractivity contribution < 1.29 is 18.7 Å². The lowest BCUT2D eigenvalue weighted by atomic mass is 9.82. The summed E-state index contributed by atoms with van der Waals surface area (Å²) in [5.41, 5.74) is 9.19. The molecule has 2 amide bonds. The molecule has 1 unspecified atom stereocenters. The molecule has 0 spiro atoms. The second-order valence-corrected chi connectivity index (χ2v) is 8.98. The van der Waals surface area contributed by atoms with E-state index in [1.54, 1.807) is 6.07 Å². The maximum atomic E-state index is 15.3. The van der Waals surface area contributed by atoms with Crippen LogP contribution in [0.4, 0.5) is 10.1 Å². The Morgan fingerprint density at radius 1 is 1.26 bits per heavy atom. The number of ether oxygens (including phenoxy) is 1. The fourth-order valence-electron chi connectivity index (χ4n) is 5.03. The van der Waals surface area contributed by atoms with Crippen LogP contribution in [-0.4, -0.2) is 37.1 Å². The minimum absolute atomic E-state index is 0.00676. The van der Waals surface area contributed by atoms with E-state index in [-0.39, 0.29) is 18.9 Å². The molecule has 4 N–H and O–H groups in total. The molecule has 1 fully saturated rings. The Kier molecular flexibility index (Phi) is 6.96. The van der Waals surface area contributed by atoms with Crippen LogP contribution in [0, 0.1) is 23.1 Å². The van der Waals surface area contributed by atoms with Gasteiger partial charge in [-0.25, -0.2) is 4.39 Å². The Morgan fingerprint density at radius 3 is 2.76 bits per heavy atom. The lowest BCUT2D eigenvalue weighted by Crippen LogP contribution is -2.57. The van der Waals surface area contributed by atoms with Crippen LogP contribution in [0.15, 0.2) is 30.3 Å². The van der Waals surface area contributed by atoms with Gasteiger partial charge in [-0.05, 0) is 78.6 Å². The highest BCUT2D eigenvalue weighted by Crippen LogP contribution is 2.38. The van der Waals surface area contributed by atoms with Crippen LogP contribution < -0.4 is 16.4 Å². The van der Waals surface area contributed by atoms with Crippen molar-refractivity contribution in [3.8, 4) is 17.2 Å². The SMILES string of the molecule is CC(=O)Nc1ccc(-c2ccc(C[C@@H](C#N)C3(C(N)=O)CNCCCO3)c(F)c2)c2c1CCC2. The molecule has 1 aliphatic heterocycles. The van der Waals surface area contributed by atoms with Crippen molar-refractivity contribution >= 4 is 17.5 Å². The zero-order valence-corrected chi connectivity index (χ0v) is 19.2. The number of primary amides is 1. The second-order valence-electron chi connectivity index (χ2n) is 8.98. The van der Waals surface area contributed by atoms with E-state index in [9.17, 15) is 14.9 Å². The topological polar surface area (TPSA) is 117 Å². The van der Waals surface area contributed by atoms with E-state index in [0.717, 1.165) is 47.2 Å². The van der Waals surface area contributed by atoms with Crippen LogP contribution in [0.25, 0.3) is 11.1 Å².